The van der Waals surface area contributed by atoms with Crippen LogP contribution in [0.2, 0.25) is 0 Å². The Morgan fingerprint density at radius 2 is 2.29 bits per heavy atom. The lowest BCUT2D eigenvalue weighted by Gasteiger charge is -2.08. The van der Waals surface area contributed by atoms with Crippen molar-refractivity contribution in [3.05, 3.63) is 30.0 Å². The number of rotatable bonds is 3. The first-order valence-electron chi connectivity index (χ1n) is 7.06. The van der Waals surface area contributed by atoms with Crippen LogP contribution in [0, 0.1) is 0 Å². The number of nitrogens with one attached hydrogen (secondary N) is 2. The number of hydrogen-bond donors (Lipinski definition) is 2. The summed E-state index contributed by atoms with van der Waals surface area (Å²) in [5.74, 6) is 1.59. The van der Waals surface area contributed by atoms with E-state index in [0.29, 0.717) is 5.95 Å². The molecule has 6 heteroatoms. The van der Waals surface area contributed by atoms with Gasteiger partial charge in [0.2, 0.25) is 5.95 Å². The highest BCUT2D eigenvalue weighted by atomic mass is 16.5. The van der Waals surface area contributed by atoms with Crippen LogP contribution in [0.3, 0.4) is 0 Å². The largest absolute Gasteiger partial charge is 0.493 e. The van der Waals surface area contributed by atoms with Gasteiger partial charge >= 0.3 is 0 Å². The maximum Gasteiger partial charge on any atom is 0.225 e. The van der Waals surface area contributed by atoms with Gasteiger partial charge in [-0.3, -0.25) is 5.10 Å². The number of fused-ring (bicyclic) bond motifs is 2. The highest BCUT2D eigenvalue weighted by molar-refractivity contribution is 5.91. The molecule has 106 valence electrons. The summed E-state index contributed by atoms with van der Waals surface area (Å²) >= 11 is 0. The molecule has 0 aliphatic carbocycles. The fourth-order valence-corrected chi connectivity index (χ4v) is 2.63. The predicted octanol–water partition coefficient (Wildman–Crippen LogP) is 2.39. The van der Waals surface area contributed by atoms with E-state index in [-0.39, 0.29) is 0 Å². The molecule has 0 amide bonds. The molecule has 0 radical (unpaired) electrons. The van der Waals surface area contributed by atoms with E-state index in [9.17, 15) is 0 Å². The van der Waals surface area contributed by atoms with Crippen molar-refractivity contribution in [3.8, 4) is 17.0 Å². The number of anilines is 1. The van der Waals surface area contributed by atoms with Gasteiger partial charge in [-0.05, 0) is 30.7 Å². The zero-order valence-corrected chi connectivity index (χ0v) is 11.7. The Hall–Kier alpha value is -2.63. The van der Waals surface area contributed by atoms with Gasteiger partial charge < -0.3 is 10.1 Å². The molecule has 1 aliphatic rings. The molecule has 0 bridgehead atoms. The molecule has 0 saturated carbocycles. The van der Waals surface area contributed by atoms with Crippen molar-refractivity contribution in [1.82, 2.24) is 20.2 Å². The Labute approximate surface area is 121 Å². The summed E-state index contributed by atoms with van der Waals surface area (Å²) in [7, 11) is 0. The third-order valence-electron chi connectivity index (χ3n) is 3.61. The second-order valence-corrected chi connectivity index (χ2v) is 4.98. The van der Waals surface area contributed by atoms with Crippen molar-refractivity contribution >= 4 is 17.0 Å². The smallest absolute Gasteiger partial charge is 0.225 e. The van der Waals surface area contributed by atoms with E-state index >= 15 is 0 Å². The molecule has 0 spiro atoms. The minimum Gasteiger partial charge on any atom is -0.493 e. The topological polar surface area (TPSA) is 75.7 Å². The first-order chi connectivity index (χ1) is 10.3. The molecule has 1 aromatic carbocycles. The number of H-pyrrole nitrogens is 1. The molecule has 0 fully saturated rings. The van der Waals surface area contributed by atoms with E-state index in [1.54, 1.807) is 6.20 Å². The third kappa shape index (κ3) is 1.99. The maximum atomic E-state index is 5.56. The molecule has 3 aromatic rings. The number of nitrogens with zero attached hydrogens (tertiary/aromatic N) is 3. The molecule has 4 rings (SSSR count). The molecule has 0 atom stereocenters. The van der Waals surface area contributed by atoms with E-state index < -0.39 is 0 Å². The van der Waals surface area contributed by atoms with Crippen molar-refractivity contribution in [3.63, 3.8) is 0 Å². The number of benzene rings is 1. The molecule has 2 N–H and O–H groups in total. The summed E-state index contributed by atoms with van der Waals surface area (Å²) in [6.07, 6.45) is 2.72. The SMILES string of the molecule is CCNc1nc(-c2ccc3c(c2)CCO3)c2cn[nH]c2n1. The molecule has 3 heterocycles. The van der Waals surface area contributed by atoms with Gasteiger partial charge in [-0.25, -0.2) is 4.98 Å². The first kappa shape index (κ1) is 12.1. The van der Waals surface area contributed by atoms with Crippen LogP contribution < -0.4 is 10.1 Å². The number of ether oxygens (including phenoxy) is 1. The summed E-state index contributed by atoms with van der Waals surface area (Å²) in [5, 5.41) is 11.1. The molecule has 0 saturated heterocycles. The molecular weight excluding hydrogens is 266 g/mol. The van der Waals surface area contributed by atoms with Gasteiger partial charge in [0, 0.05) is 18.5 Å². The van der Waals surface area contributed by atoms with Gasteiger partial charge in [-0.1, -0.05) is 0 Å². The lowest BCUT2D eigenvalue weighted by Crippen LogP contribution is -2.03. The highest BCUT2D eigenvalue weighted by Gasteiger charge is 2.16. The number of aromatic amines is 1. The van der Waals surface area contributed by atoms with Crippen LogP contribution in [-0.4, -0.2) is 33.3 Å². The normalized spacial score (nSPS) is 13.2. The highest BCUT2D eigenvalue weighted by Crippen LogP contribution is 2.32. The third-order valence-corrected chi connectivity index (χ3v) is 3.61. The average molecular weight is 281 g/mol. The van der Waals surface area contributed by atoms with Gasteiger partial charge in [0.15, 0.2) is 5.65 Å². The second-order valence-electron chi connectivity index (χ2n) is 4.98. The van der Waals surface area contributed by atoms with Crippen molar-refractivity contribution in [1.29, 1.82) is 0 Å². The van der Waals surface area contributed by atoms with E-state index in [2.05, 4.69) is 31.5 Å². The maximum absolute atomic E-state index is 5.56. The zero-order valence-electron chi connectivity index (χ0n) is 11.7. The minimum absolute atomic E-state index is 0.612. The first-order valence-corrected chi connectivity index (χ1v) is 7.06. The van der Waals surface area contributed by atoms with Crippen LogP contribution >= 0.6 is 0 Å². The summed E-state index contributed by atoms with van der Waals surface area (Å²) < 4.78 is 5.56. The molecule has 6 nitrogen and oxygen atoms in total. The van der Waals surface area contributed by atoms with Crippen LogP contribution in [0.1, 0.15) is 12.5 Å². The van der Waals surface area contributed by atoms with Crippen LogP contribution in [0.5, 0.6) is 5.75 Å². The van der Waals surface area contributed by atoms with E-state index in [4.69, 9.17) is 4.74 Å². The van der Waals surface area contributed by atoms with Gasteiger partial charge in [0.1, 0.15) is 5.75 Å². The summed E-state index contributed by atoms with van der Waals surface area (Å²) in [4.78, 5) is 9.05. The lowest BCUT2D eigenvalue weighted by molar-refractivity contribution is 0.357. The van der Waals surface area contributed by atoms with E-state index in [1.807, 2.05) is 19.1 Å². The zero-order chi connectivity index (χ0) is 14.2. The van der Waals surface area contributed by atoms with Gasteiger partial charge in [-0.15, -0.1) is 0 Å². The summed E-state index contributed by atoms with van der Waals surface area (Å²) in [6, 6.07) is 6.19. The van der Waals surface area contributed by atoms with E-state index in [1.165, 1.54) is 5.56 Å². The molecule has 0 unspecified atom stereocenters. The van der Waals surface area contributed by atoms with Crippen molar-refractivity contribution in [2.45, 2.75) is 13.3 Å². The molecular formula is C15H15N5O. The lowest BCUT2D eigenvalue weighted by atomic mass is 10.0. The fraction of sp³-hybridized carbons (Fsp3) is 0.267. The Morgan fingerprint density at radius 1 is 1.33 bits per heavy atom. The standard InChI is InChI=1S/C15H15N5O/c1-2-16-15-18-13(11-8-17-20-14(11)19-15)10-3-4-12-9(7-10)5-6-21-12/h3-4,7-8H,2,5-6H2,1H3,(H2,16,17,18,19,20). The van der Waals surface area contributed by atoms with Gasteiger partial charge in [0.05, 0.1) is 23.9 Å². The molecule has 2 aromatic heterocycles. The Bertz CT molecular complexity index is 811. The Balaban J connectivity index is 1.90. The monoisotopic (exact) mass is 281 g/mol. The van der Waals surface area contributed by atoms with Crippen LogP contribution in [0.15, 0.2) is 24.4 Å². The predicted molar refractivity (Wildman–Crippen MR) is 80.5 cm³/mol. The van der Waals surface area contributed by atoms with Gasteiger partial charge in [0.25, 0.3) is 0 Å². The second kappa shape index (κ2) is 4.73. The average Bonchev–Trinajstić information content (AvgIpc) is 3.14. The van der Waals surface area contributed by atoms with Crippen molar-refractivity contribution in [2.24, 2.45) is 0 Å². The fourth-order valence-electron chi connectivity index (χ4n) is 2.63. The Kier molecular flexibility index (Phi) is 2.73. The van der Waals surface area contributed by atoms with E-state index in [0.717, 1.165) is 47.6 Å². The quantitative estimate of drug-likeness (QED) is 0.771. The van der Waals surface area contributed by atoms with Crippen LogP contribution in [0.25, 0.3) is 22.3 Å². The number of hydrogen-bond acceptors (Lipinski definition) is 5. The molecule has 1 aliphatic heterocycles. The minimum atomic E-state index is 0.612. The van der Waals surface area contributed by atoms with Crippen LogP contribution in [0.4, 0.5) is 5.95 Å². The van der Waals surface area contributed by atoms with Crippen LogP contribution in [-0.2, 0) is 6.42 Å². The van der Waals surface area contributed by atoms with Crippen molar-refractivity contribution in [2.75, 3.05) is 18.5 Å². The summed E-state index contributed by atoms with van der Waals surface area (Å²) in [6.45, 7) is 3.55. The Morgan fingerprint density at radius 3 is 3.19 bits per heavy atom. The summed E-state index contributed by atoms with van der Waals surface area (Å²) in [5.41, 5.74) is 3.92. The van der Waals surface area contributed by atoms with Crippen molar-refractivity contribution < 1.29 is 4.74 Å². The molecule has 21 heavy (non-hydrogen) atoms. The van der Waals surface area contributed by atoms with Gasteiger partial charge in [-0.2, -0.15) is 10.1 Å². The number of aromatic nitrogens is 4.